The van der Waals surface area contributed by atoms with E-state index < -0.39 is 30.3 Å². The highest BCUT2D eigenvalue weighted by Gasteiger charge is 2.24. The highest BCUT2D eigenvalue weighted by atomic mass is 19.1. The van der Waals surface area contributed by atoms with Gasteiger partial charge in [-0.05, 0) is 18.6 Å². The lowest BCUT2D eigenvalue weighted by molar-refractivity contribution is -0.137. The molecule has 0 aromatic heterocycles. The summed E-state index contributed by atoms with van der Waals surface area (Å²) >= 11 is 0. The molecule has 0 saturated carbocycles. The number of halogens is 2. The monoisotopic (exact) mass is 214 g/mol. The number of hydrogen-bond acceptors (Lipinski definition) is 1. The Balaban J connectivity index is 2.99. The maximum atomic E-state index is 13.3. The Morgan fingerprint density at radius 2 is 2.07 bits per heavy atom. The molecule has 0 aliphatic heterocycles. The second-order valence-electron chi connectivity index (χ2n) is 3.40. The number of aliphatic carboxylic acids is 1. The summed E-state index contributed by atoms with van der Waals surface area (Å²) in [6, 6.07) is 5.67. The Morgan fingerprint density at radius 1 is 1.47 bits per heavy atom. The van der Waals surface area contributed by atoms with Crippen molar-refractivity contribution in [1.29, 1.82) is 0 Å². The summed E-state index contributed by atoms with van der Waals surface area (Å²) in [5.74, 6) is -2.62. The molecule has 0 heterocycles. The lowest BCUT2D eigenvalue weighted by Gasteiger charge is -2.17. The molecule has 1 aromatic carbocycles. The Labute approximate surface area is 86.5 Å². The molecule has 1 N–H and O–H groups in total. The first-order valence-corrected chi connectivity index (χ1v) is 4.62. The second-order valence-corrected chi connectivity index (χ2v) is 3.40. The molecule has 2 unspecified atom stereocenters. The average Bonchev–Trinajstić information content (AvgIpc) is 2.15. The van der Waals surface area contributed by atoms with E-state index >= 15 is 0 Å². The van der Waals surface area contributed by atoms with E-state index in [1.54, 1.807) is 6.07 Å². The van der Waals surface area contributed by atoms with Crippen LogP contribution in [0, 0.1) is 5.82 Å². The van der Waals surface area contributed by atoms with Crippen LogP contribution in [0.25, 0.3) is 0 Å². The zero-order chi connectivity index (χ0) is 11.4. The van der Waals surface area contributed by atoms with E-state index in [9.17, 15) is 13.6 Å². The van der Waals surface area contributed by atoms with Crippen LogP contribution in [0.1, 0.15) is 24.8 Å². The van der Waals surface area contributed by atoms with Gasteiger partial charge < -0.3 is 5.11 Å². The number of carbonyl (C=O) groups is 1. The number of carboxylic acid groups (broad SMARTS) is 1. The summed E-state index contributed by atoms with van der Waals surface area (Å²) in [4.78, 5) is 10.5. The summed E-state index contributed by atoms with van der Waals surface area (Å²) in [6.07, 6.45) is -1.79. The minimum atomic E-state index is -1.39. The van der Waals surface area contributed by atoms with Crippen molar-refractivity contribution in [3.05, 3.63) is 35.6 Å². The van der Waals surface area contributed by atoms with E-state index in [1.165, 1.54) is 25.1 Å². The normalized spacial score (nSPS) is 14.6. The molecular formula is C11H12F2O2. The molecule has 15 heavy (non-hydrogen) atoms. The molecule has 0 aliphatic carbocycles. The van der Waals surface area contributed by atoms with E-state index in [1.807, 2.05) is 0 Å². The summed E-state index contributed by atoms with van der Waals surface area (Å²) < 4.78 is 26.5. The highest BCUT2D eigenvalue weighted by Crippen LogP contribution is 2.27. The third-order valence-electron chi connectivity index (χ3n) is 2.25. The van der Waals surface area contributed by atoms with Crippen LogP contribution in [0.2, 0.25) is 0 Å². The van der Waals surface area contributed by atoms with Crippen molar-refractivity contribution in [3.63, 3.8) is 0 Å². The molecule has 0 amide bonds. The standard InChI is InChI=1S/C11H12F2O2/c1-7(12)9(6-11(14)15)8-4-2-3-5-10(8)13/h2-5,7,9H,6H2,1H3,(H,14,15). The fourth-order valence-corrected chi connectivity index (χ4v) is 1.48. The molecule has 82 valence electrons. The van der Waals surface area contributed by atoms with E-state index in [0.29, 0.717) is 0 Å². The summed E-state index contributed by atoms with van der Waals surface area (Å²) in [7, 11) is 0. The van der Waals surface area contributed by atoms with Gasteiger partial charge in [0, 0.05) is 5.92 Å². The SMILES string of the molecule is CC(F)C(CC(=O)O)c1ccccc1F. The molecule has 1 rings (SSSR count). The van der Waals surface area contributed by atoms with Crippen molar-refractivity contribution in [2.24, 2.45) is 0 Å². The molecule has 0 fully saturated rings. The van der Waals surface area contributed by atoms with Gasteiger partial charge in [-0.1, -0.05) is 18.2 Å². The fraction of sp³-hybridized carbons (Fsp3) is 0.364. The number of rotatable bonds is 4. The van der Waals surface area contributed by atoms with Gasteiger partial charge in [0.25, 0.3) is 0 Å². The molecule has 0 bridgehead atoms. The van der Waals surface area contributed by atoms with Crippen molar-refractivity contribution in [3.8, 4) is 0 Å². The maximum absolute atomic E-state index is 13.3. The van der Waals surface area contributed by atoms with Crippen LogP contribution >= 0.6 is 0 Å². The third-order valence-corrected chi connectivity index (χ3v) is 2.25. The molecule has 4 heteroatoms. The molecule has 2 nitrogen and oxygen atoms in total. The van der Waals surface area contributed by atoms with Crippen LogP contribution in [-0.4, -0.2) is 17.2 Å². The van der Waals surface area contributed by atoms with Gasteiger partial charge in [-0.25, -0.2) is 8.78 Å². The van der Waals surface area contributed by atoms with Crippen molar-refractivity contribution in [2.75, 3.05) is 0 Å². The lowest BCUT2D eigenvalue weighted by atomic mass is 9.91. The summed E-state index contributed by atoms with van der Waals surface area (Å²) in [5, 5.41) is 8.60. The van der Waals surface area contributed by atoms with Crippen LogP contribution in [0.15, 0.2) is 24.3 Å². The Kier molecular flexibility index (Phi) is 3.77. The highest BCUT2D eigenvalue weighted by molar-refractivity contribution is 5.68. The zero-order valence-corrected chi connectivity index (χ0v) is 8.28. The number of carboxylic acids is 1. The molecule has 0 radical (unpaired) electrons. The molecule has 0 aliphatic rings. The summed E-state index contributed by atoms with van der Waals surface area (Å²) in [6.45, 7) is 1.24. The van der Waals surface area contributed by atoms with Gasteiger partial charge in [0.05, 0.1) is 6.42 Å². The van der Waals surface area contributed by atoms with Gasteiger partial charge in [-0.15, -0.1) is 0 Å². The lowest BCUT2D eigenvalue weighted by Crippen LogP contribution is -2.16. The molecular weight excluding hydrogens is 202 g/mol. The number of alkyl halides is 1. The Bertz CT molecular complexity index is 350. The quantitative estimate of drug-likeness (QED) is 0.836. The smallest absolute Gasteiger partial charge is 0.304 e. The van der Waals surface area contributed by atoms with Gasteiger partial charge in [0.1, 0.15) is 12.0 Å². The summed E-state index contributed by atoms with van der Waals surface area (Å²) in [5.41, 5.74) is 0.120. The molecule has 0 spiro atoms. The predicted molar refractivity (Wildman–Crippen MR) is 52.0 cm³/mol. The van der Waals surface area contributed by atoms with E-state index in [4.69, 9.17) is 5.11 Å². The van der Waals surface area contributed by atoms with Crippen LogP contribution in [0.3, 0.4) is 0 Å². The maximum Gasteiger partial charge on any atom is 0.304 e. The van der Waals surface area contributed by atoms with Gasteiger partial charge in [0.15, 0.2) is 0 Å². The topological polar surface area (TPSA) is 37.3 Å². The van der Waals surface area contributed by atoms with Crippen molar-refractivity contribution < 1.29 is 18.7 Å². The van der Waals surface area contributed by atoms with E-state index in [0.717, 1.165) is 0 Å². The van der Waals surface area contributed by atoms with Gasteiger partial charge >= 0.3 is 5.97 Å². The van der Waals surface area contributed by atoms with Crippen LogP contribution < -0.4 is 0 Å². The van der Waals surface area contributed by atoms with Crippen LogP contribution in [0.5, 0.6) is 0 Å². The first kappa shape index (κ1) is 11.6. The van der Waals surface area contributed by atoms with Crippen molar-refractivity contribution in [2.45, 2.75) is 25.4 Å². The molecule has 2 atom stereocenters. The molecule has 1 aromatic rings. The Hall–Kier alpha value is -1.45. The number of hydrogen-bond donors (Lipinski definition) is 1. The molecule has 0 saturated heterocycles. The Morgan fingerprint density at radius 3 is 2.53 bits per heavy atom. The van der Waals surface area contributed by atoms with E-state index in [2.05, 4.69) is 0 Å². The number of benzene rings is 1. The zero-order valence-electron chi connectivity index (χ0n) is 8.28. The van der Waals surface area contributed by atoms with Gasteiger partial charge in [-0.2, -0.15) is 0 Å². The van der Waals surface area contributed by atoms with Crippen LogP contribution in [0.4, 0.5) is 8.78 Å². The predicted octanol–water partition coefficient (Wildman–Crippen LogP) is 2.74. The van der Waals surface area contributed by atoms with Crippen molar-refractivity contribution in [1.82, 2.24) is 0 Å². The first-order chi connectivity index (χ1) is 7.02. The third kappa shape index (κ3) is 3.01. The average molecular weight is 214 g/mol. The van der Waals surface area contributed by atoms with Crippen LogP contribution in [-0.2, 0) is 4.79 Å². The van der Waals surface area contributed by atoms with Gasteiger partial charge in [-0.3, -0.25) is 4.79 Å². The van der Waals surface area contributed by atoms with Gasteiger partial charge in [0.2, 0.25) is 0 Å². The largest absolute Gasteiger partial charge is 0.481 e. The minimum absolute atomic E-state index is 0.120. The fourth-order valence-electron chi connectivity index (χ4n) is 1.48. The second kappa shape index (κ2) is 4.87. The van der Waals surface area contributed by atoms with Crippen molar-refractivity contribution >= 4 is 5.97 Å². The minimum Gasteiger partial charge on any atom is -0.481 e. The first-order valence-electron chi connectivity index (χ1n) is 4.62. The van der Waals surface area contributed by atoms with E-state index in [-0.39, 0.29) is 5.56 Å².